The zero-order valence-electron chi connectivity index (χ0n) is 8.65. The molecule has 1 aromatic rings. The van der Waals surface area contributed by atoms with Gasteiger partial charge in [-0.3, -0.25) is 4.79 Å². The van der Waals surface area contributed by atoms with Crippen molar-refractivity contribution in [2.75, 3.05) is 0 Å². The van der Waals surface area contributed by atoms with E-state index < -0.39 is 24.2 Å². The Hall–Kier alpha value is -1.10. The molecule has 6 heteroatoms. The van der Waals surface area contributed by atoms with Gasteiger partial charge in [-0.05, 0) is 18.6 Å². The summed E-state index contributed by atoms with van der Waals surface area (Å²) in [7, 11) is 0. The fraction of sp³-hybridized carbons (Fsp3) is 0.364. The third-order valence-electron chi connectivity index (χ3n) is 2.11. The highest BCUT2D eigenvalue weighted by atomic mass is 35.5. The van der Waals surface area contributed by atoms with Crippen molar-refractivity contribution in [1.29, 1.82) is 0 Å². The van der Waals surface area contributed by atoms with Crippen LogP contribution in [0.3, 0.4) is 0 Å². The molecule has 1 nitrogen and oxygen atoms in total. The molecule has 17 heavy (non-hydrogen) atoms. The molecule has 0 saturated carbocycles. The van der Waals surface area contributed by atoms with Crippen molar-refractivity contribution in [3.63, 3.8) is 0 Å². The van der Waals surface area contributed by atoms with Gasteiger partial charge in [-0.25, -0.2) is 4.39 Å². The maximum atomic E-state index is 13.2. The molecular formula is C11H9ClF4O. The number of halogens is 5. The number of carbonyl (C=O) groups is 1. The van der Waals surface area contributed by atoms with Crippen molar-refractivity contribution >= 4 is 17.4 Å². The van der Waals surface area contributed by atoms with Crippen LogP contribution in [-0.4, -0.2) is 12.0 Å². The smallest absolute Gasteiger partial charge is 0.294 e. The van der Waals surface area contributed by atoms with Gasteiger partial charge < -0.3 is 0 Å². The number of rotatable bonds is 4. The van der Waals surface area contributed by atoms with Crippen LogP contribution in [0.25, 0.3) is 0 Å². The van der Waals surface area contributed by atoms with Gasteiger partial charge in [0.05, 0.1) is 10.6 Å². The minimum absolute atomic E-state index is 0.0815. The van der Waals surface area contributed by atoms with Crippen molar-refractivity contribution in [2.45, 2.75) is 25.4 Å². The molecule has 0 aliphatic rings. The molecule has 0 radical (unpaired) electrons. The van der Waals surface area contributed by atoms with E-state index in [0.29, 0.717) is 0 Å². The lowest BCUT2D eigenvalue weighted by Crippen LogP contribution is -2.09. The SMILES string of the molecule is O=C(CCCC(F)(F)F)c1c(F)cccc1Cl. The van der Waals surface area contributed by atoms with E-state index in [0.717, 1.165) is 6.07 Å². The van der Waals surface area contributed by atoms with Crippen LogP contribution in [0, 0.1) is 5.82 Å². The average Bonchev–Trinajstić information content (AvgIpc) is 2.15. The standard InChI is InChI=1S/C11H9ClF4O/c12-7-3-1-4-8(13)10(7)9(17)5-2-6-11(14,15)16/h1,3-4H,2,5-6H2. The Morgan fingerprint density at radius 1 is 1.29 bits per heavy atom. The van der Waals surface area contributed by atoms with Crippen LogP contribution in [0.1, 0.15) is 29.6 Å². The molecule has 0 aliphatic heterocycles. The van der Waals surface area contributed by atoms with Gasteiger partial charge in [0.15, 0.2) is 5.78 Å². The lowest BCUT2D eigenvalue weighted by atomic mass is 10.0. The second-order valence-electron chi connectivity index (χ2n) is 3.49. The van der Waals surface area contributed by atoms with Gasteiger partial charge in [0.1, 0.15) is 5.82 Å². The summed E-state index contributed by atoms with van der Waals surface area (Å²) in [5.74, 6) is -1.52. The van der Waals surface area contributed by atoms with Gasteiger partial charge in [0.25, 0.3) is 0 Å². The van der Waals surface area contributed by atoms with E-state index in [4.69, 9.17) is 11.6 Å². The Kier molecular flexibility index (Phi) is 4.51. The van der Waals surface area contributed by atoms with E-state index in [1.165, 1.54) is 12.1 Å². The summed E-state index contributed by atoms with van der Waals surface area (Å²) >= 11 is 5.61. The largest absolute Gasteiger partial charge is 0.389 e. The number of benzene rings is 1. The predicted molar refractivity (Wildman–Crippen MR) is 55.6 cm³/mol. The lowest BCUT2D eigenvalue weighted by molar-refractivity contribution is -0.135. The average molecular weight is 269 g/mol. The number of Topliss-reactive ketones (excluding diaryl/α,β-unsaturated/α-hetero) is 1. The van der Waals surface area contributed by atoms with Gasteiger partial charge in [0.2, 0.25) is 0 Å². The molecule has 0 N–H and O–H groups in total. The molecule has 1 aromatic carbocycles. The number of carbonyl (C=O) groups excluding carboxylic acids is 1. The Labute approximate surface area is 100 Å². The first kappa shape index (κ1) is 14.0. The van der Waals surface area contributed by atoms with Gasteiger partial charge in [0, 0.05) is 12.8 Å². The van der Waals surface area contributed by atoms with Crippen LogP contribution in [0.4, 0.5) is 17.6 Å². The highest BCUT2D eigenvalue weighted by molar-refractivity contribution is 6.34. The fourth-order valence-electron chi connectivity index (χ4n) is 1.34. The van der Waals surface area contributed by atoms with E-state index in [2.05, 4.69) is 0 Å². The molecule has 0 amide bonds. The zero-order chi connectivity index (χ0) is 13.1. The molecule has 0 atom stereocenters. The van der Waals surface area contributed by atoms with Gasteiger partial charge >= 0.3 is 6.18 Å². The molecule has 0 bridgehead atoms. The van der Waals surface area contributed by atoms with Crippen LogP contribution >= 0.6 is 11.6 Å². The third-order valence-corrected chi connectivity index (χ3v) is 2.42. The van der Waals surface area contributed by atoms with Crippen LogP contribution in [-0.2, 0) is 0 Å². The summed E-state index contributed by atoms with van der Waals surface area (Å²) in [5, 5.41) is -0.0815. The molecule has 0 heterocycles. The zero-order valence-corrected chi connectivity index (χ0v) is 9.41. The van der Waals surface area contributed by atoms with E-state index in [-0.39, 0.29) is 23.4 Å². The van der Waals surface area contributed by atoms with E-state index in [1.54, 1.807) is 0 Å². The summed E-state index contributed by atoms with van der Waals surface area (Å²) in [4.78, 5) is 11.5. The number of ketones is 1. The van der Waals surface area contributed by atoms with E-state index in [9.17, 15) is 22.4 Å². The fourth-order valence-corrected chi connectivity index (χ4v) is 1.61. The highest BCUT2D eigenvalue weighted by Crippen LogP contribution is 2.25. The molecule has 0 aromatic heterocycles. The van der Waals surface area contributed by atoms with Crippen molar-refractivity contribution in [3.05, 3.63) is 34.6 Å². The molecule has 94 valence electrons. The quantitative estimate of drug-likeness (QED) is 0.584. The predicted octanol–water partition coefficient (Wildman–Crippen LogP) is 4.39. The second-order valence-corrected chi connectivity index (χ2v) is 3.90. The third kappa shape index (κ3) is 4.34. The van der Waals surface area contributed by atoms with Gasteiger partial charge in [-0.2, -0.15) is 13.2 Å². The maximum Gasteiger partial charge on any atom is 0.389 e. The van der Waals surface area contributed by atoms with Crippen molar-refractivity contribution < 1.29 is 22.4 Å². The Morgan fingerprint density at radius 2 is 1.94 bits per heavy atom. The summed E-state index contributed by atoms with van der Waals surface area (Å²) in [6.07, 6.45) is -6.11. The molecule has 0 aliphatic carbocycles. The number of hydrogen-bond donors (Lipinski definition) is 0. The molecular weight excluding hydrogens is 260 g/mol. The van der Waals surface area contributed by atoms with Crippen LogP contribution < -0.4 is 0 Å². The van der Waals surface area contributed by atoms with Gasteiger partial charge in [-0.1, -0.05) is 17.7 Å². The molecule has 1 rings (SSSR count). The topological polar surface area (TPSA) is 17.1 Å². The number of alkyl halides is 3. The Bertz CT molecular complexity index is 394. The van der Waals surface area contributed by atoms with Crippen LogP contribution in [0.2, 0.25) is 5.02 Å². The first-order valence-electron chi connectivity index (χ1n) is 4.85. The maximum absolute atomic E-state index is 13.2. The Morgan fingerprint density at radius 3 is 2.47 bits per heavy atom. The first-order chi connectivity index (χ1) is 7.81. The summed E-state index contributed by atoms with van der Waals surface area (Å²) < 4.78 is 48.8. The molecule has 0 fully saturated rings. The van der Waals surface area contributed by atoms with Crippen molar-refractivity contribution in [2.24, 2.45) is 0 Å². The molecule has 0 saturated heterocycles. The summed E-state index contributed by atoms with van der Waals surface area (Å²) in [6.45, 7) is 0. The monoisotopic (exact) mass is 268 g/mol. The summed E-state index contributed by atoms with van der Waals surface area (Å²) in [5.41, 5.74) is -0.337. The molecule has 0 unspecified atom stereocenters. The van der Waals surface area contributed by atoms with Crippen molar-refractivity contribution in [1.82, 2.24) is 0 Å². The van der Waals surface area contributed by atoms with E-state index >= 15 is 0 Å². The lowest BCUT2D eigenvalue weighted by Gasteiger charge is -2.07. The first-order valence-corrected chi connectivity index (χ1v) is 5.23. The van der Waals surface area contributed by atoms with Crippen LogP contribution in [0.15, 0.2) is 18.2 Å². The molecule has 0 spiro atoms. The normalized spacial score (nSPS) is 11.6. The summed E-state index contributed by atoms with van der Waals surface area (Å²) in [6, 6.07) is 3.69. The second kappa shape index (κ2) is 5.49. The minimum atomic E-state index is -4.31. The highest BCUT2D eigenvalue weighted by Gasteiger charge is 2.27. The van der Waals surface area contributed by atoms with Crippen molar-refractivity contribution in [3.8, 4) is 0 Å². The van der Waals surface area contributed by atoms with Gasteiger partial charge in [-0.15, -0.1) is 0 Å². The van der Waals surface area contributed by atoms with Crippen LogP contribution in [0.5, 0.6) is 0 Å². The number of hydrogen-bond acceptors (Lipinski definition) is 1. The Balaban J connectivity index is 2.65. The van der Waals surface area contributed by atoms with E-state index in [1.807, 2.05) is 0 Å². The minimum Gasteiger partial charge on any atom is -0.294 e.